The van der Waals surface area contributed by atoms with Crippen molar-refractivity contribution >= 4 is 12.4 Å². The molecule has 0 spiro atoms. The van der Waals surface area contributed by atoms with Crippen molar-refractivity contribution in [2.45, 2.75) is 13.0 Å². The molecule has 96 valence electrons. The zero-order valence-corrected chi connectivity index (χ0v) is 11.0. The molecule has 2 rings (SSSR count). The molecule has 1 aliphatic rings. The van der Waals surface area contributed by atoms with Crippen LogP contribution in [0.1, 0.15) is 17.2 Å². The minimum absolute atomic E-state index is 0. The van der Waals surface area contributed by atoms with Crippen LogP contribution in [0.2, 0.25) is 0 Å². The van der Waals surface area contributed by atoms with Gasteiger partial charge in [-0.3, -0.25) is 4.90 Å². The molecule has 1 aromatic carbocycles. The van der Waals surface area contributed by atoms with Crippen LogP contribution in [0.4, 0.5) is 4.39 Å². The predicted octanol–water partition coefficient (Wildman–Crippen LogP) is 2.33. The molecule has 0 bridgehead atoms. The Bertz CT molecular complexity index is 340. The first kappa shape index (κ1) is 14.4. The Morgan fingerprint density at radius 1 is 1.29 bits per heavy atom. The van der Waals surface area contributed by atoms with Crippen molar-refractivity contribution < 1.29 is 4.39 Å². The van der Waals surface area contributed by atoms with Gasteiger partial charge in [-0.05, 0) is 18.1 Å². The fourth-order valence-corrected chi connectivity index (χ4v) is 2.33. The second-order valence-corrected chi connectivity index (χ2v) is 4.31. The standard InChI is InChI=1S/C13H19FN2.ClH/c1-11-4-2-3-5-12(11)13(10-14)16-8-6-15-7-9-16;/h2-5,13,15H,6-10H2,1H3;1H/t13-;/m1./s1. The minimum atomic E-state index is -0.301. The number of nitrogens with zero attached hydrogens (tertiary/aromatic N) is 1. The number of alkyl halides is 1. The van der Waals surface area contributed by atoms with Crippen molar-refractivity contribution in [2.24, 2.45) is 0 Å². The Labute approximate surface area is 109 Å². The molecule has 4 heteroatoms. The average Bonchev–Trinajstić information content (AvgIpc) is 2.34. The summed E-state index contributed by atoms with van der Waals surface area (Å²) in [5, 5.41) is 3.30. The van der Waals surface area contributed by atoms with Gasteiger partial charge in [-0.1, -0.05) is 24.3 Å². The molecular formula is C13H20ClFN2. The largest absolute Gasteiger partial charge is 0.314 e. The second kappa shape index (κ2) is 6.94. The molecule has 1 aliphatic heterocycles. The summed E-state index contributed by atoms with van der Waals surface area (Å²) < 4.78 is 13.2. The van der Waals surface area contributed by atoms with Crippen LogP contribution in [0, 0.1) is 6.92 Å². The van der Waals surface area contributed by atoms with Crippen LogP contribution < -0.4 is 5.32 Å². The summed E-state index contributed by atoms with van der Waals surface area (Å²) in [5.74, 6) is 0. The number of halogens is 2. The summed E-state index contributed by atoms with van der Waals surface area (Å²) >= 11 is 0. The summed E-state index contributed by atoms with van der Waals surface area (Å²) in [7, 11) is 0. The summed E-state index contributed by atoms with van der Waals surface area (Å²) in [6.07, 6.45) is 0. The van der Waals surface area contributed by atoms with Gasteiger partial charge < -0.3 is 5.32 Å². The fourth-order valence-electron chi connectivity index (χ4n) is 2.33. The van der Waals surface area contributed by atoms with E-state index >= 15 is 0 Å². The third-order valence-corrected chi connectivity index (χ3v) is 3.29. The van der Waals surface area contributed by atoms with Gasteiger partial charge in [0.1, 0.15) is 6.67 Å². The summed E-state index contributed by atoms with van der Waals surface area (Å²) in [5.41, 5.74) is 2.32. The number of hydrogen-bond donors (Lipinski definition) is 1. The van der Waals surface area contributed by atoms with E-state index in [1.165, 1.54) is 5.56 Å². The smallest absolute Gasteiger partial charge is 0.109 e. The topological polar surface area (TPSA) is 15.3 Å². The van der Waals surface area contributed by atoms with Gasteiger partial charge in [-0.15, -0.1) is 12.4 Å². The van der Waals surface area contributed by atoms with E-state index in [-0.39, 0.29) is 25.1 Å². The van der Waals surface area contributed by atoms with Gasteiger partial charge in [-0.25, -0.2) is 4.39 Å². The molecule has 2 nitrogen and oxygen atoms in total. The Morgan fingerprint density at radius 3 is 2.53 bits per heavy atom. The highest BCUT2D eigenvalue weighted by Gasteiger charge is 2.22. The molecule has 0 radical (unpaired) electrons. The monoisotopic (exact) mass is 258 g/mol. The molecule has 1 saturated heterocycles. The summed E-state index contributed by atoms with van der Waals surface area (Å²) in [6.45, 7) is 5.54. The molecule has 1 fully saturated rings. The highest BCUT2D eigenvalue weighted by atomic mass is 35.5. The Balaban J connectivity index is 0.00000144. The third-order valence-electron chi connectivity index (χ3n) is 3.29. The predicted molar refractivity (Wildman–Crippen MR) is 71.6 cm³/mol. The van der Waals surface area contributed by atoms with Crippen LogP contribution in [-0.4, -0.2) is 37.8 Å². The Hall–Kier alpha value is -0.640. The maximum Gasteiger partial charge on any atom is 0.109 e. The molecule has 17 heavy (non-hydrogen) atoms. The number of nitrogens with one attached hydrogen (secondary N) is 1. The first-order valence-electron chi connectivity index (χ1n) is 5.89. The van der Waals surface area contributed by atoms with Gasteiger partial charge in [0.2, 0.25) is 0 Å². The number of rotatable bonds is 3. The highest BCUT2D eigenvalue weighted by molar-refractivity contribution is 5.85. The molecule has 1 N–H and O–H groups in total. The van der Waals surface area contributed by atoms with Crippen molar-refractivity contribution in [1.82, 2.24) is 10.2 Å². The van der Waals surface area contributed by atoms with E-state index in [1.54, 1.807) is 0 Å². The van der Waals surface area contributed by atoms with Crippen LogP contribution in [0.25, 0.3) is 0 Å². The normalized spacial score (nSPS) is 18.5. The average molecular weight is 259 g/mol. The lowest BCUT2D eigenvalue weighted by Crippen LogP contribution is -2.45. The van der Waals surface area contributed by atoms with Crippen LogP contribution in [0.15, 0.2) is 24.3 Å². The van der Waals surface area contributed by atoms with Gasteiger partial charge in [0, 0.05) is 26.2 Å². The highest BCUT2D eigenvalue weighted by Crippen LogP contribution is 2.24. The van der Waals surface area contributed by atoms with Crippen LogP contribution in [-0.2, 0) is 0 Å². The lowest BCUT2D eigenvalue weighted by Gasteiger charge is -2.34. The maximum absolute atomic E-state index is 13.2. The van der Waals surface area contributed by atoms with Gasteiger partial charge in [0.25, 0.3) is 0 Å². The molecule has 0 aromatic heterocycles. The van der Waals surface area contributed by atoms with Crippen molar-refractivity contribution in [3.05, 3.63) is 35.4 Å². The maximum atomic E-state index is 13.2. The second-order valence-electron chi connectivity index (χ2n) is 4.31. The van der Waals surface area contributed by atoms with E-state index in [4.69, 9.17) is 0 Å². The molecule has 0 saturated carbocycles. The van der Waals surface area contributed by atoms with Gasteiger partial charge in [-0.2, -0.15) is 0 Å². The van der Waals surface area contributed by atoms with E-state index in [0.29, 0.717) is 0 Å². The molecule has 1 heterocycles. The first-order chi connectivity index (χ1) is 7.83. The lowest BCUT2D eigenvalue weighted by atomic mass is 10.0. The van der Waals surface area contributed by atoms with E-state index < -0.39 is 0 Å². The minimum Gasteiger partial charge on any atom is -0.314 e. The SMILES string of the molecule is Cc1ccccc1[C@@H](CF)N1CCNCC1.Cl. The number of hydrogen-bond acceptors (Lipinski definition) is 2. The first-order valence-corrected chi connectivity index (χ1v) is 5.89. The summed E-state index contributed by atoms with van der Waals surface area (Å²) in [6, 6.07) is 8.03. The van der Waals surface area contributed by atoms with Gasteiger partial charge >= 0.3 is 0 Å². The zero-order valence-electron chi connectivity index (χ0n) is 10.2. The quantitative estimate of drug-likeness (QED) is 0.895. The molecule has 0 amide bonds. The Morgan fingerprint density at radius 2 is 1.94 bits per heavy atom. The fraction of sp³-hybridized carbons (Fsp3) is 0.538. The number of benzene rings is 1. The van der Waals surface area contributed by atoms with Crippen molar-refractivity contribution in [3.63, 3.8) is 0 Å². The van der Waals surface area contributed by atoms with Crippen molar-refractivity contribution in [2.75, 3.05) is 32.9 Å². The lowest BCUT2D eigenvalue weighted by molar-refractivity contribution is 0.147. The zero-order chi connectivity index (χ0) is 11.4. The van der Waals surface area contributed by atoms with Crippen molar-refractivity contribution in [3.8, 4) is 0 Å². The van der Waals surface area contributed by atoms with Crippen LogP contribution >= 0.6 is 12.4 Å². The number of aryl methyl sites for hydroxylation is 1. The van der Waals surface area contributed by atoms with E-state index in [2.05, 4.69) is 23.2 Å². The molecular weight excluding hydrogens is 239 g/mol. The third kappa shape index (κ3) is 3.41. The molecule has 1 aromatic rings. The number of piperazine rings is 1. The molecule has 1 atom stereocenters. The van der Waals surface area contributed by atoms with E-state index in [9.17, 15) is 4.39 Å². The molecule has 0 aliphatic carbocycles. The van der Waals surface area contributed by atoms with E-state index in [0.717, 1.165) is 31.7 Å². The Kier molecular flexibility index (Phi) is 5.89. The molecule has 0 unspecified atom stereocenters. The van der Waals surface area contributed by atoms with Gasteiger partial charge in [0.15, 0.2) is 0 Å². The van der Waals surface area contributed by atoms with E-state index in [1.807, 2.05) is 18.2 Å². The van der Waals surface area contributed by atoms with Crippen molar-refractivity contribution in [1.29, 1.82) is 0 Å². The summed E-state index contributed by atoms with van der Waals surface area (Å²) in [4.78, 5) is 2.23. The van der Waals surface area contributed by atoms with Crippen LogP contribution in [0.3, 0.4) is 0 Å². The van der Waals surface area contributed by atoms with Crippen LogP contribution in [0.5, 0.6) is 0 Å². The van der Waals surface area contributed by atoms with Gasteiger partial charge in [0.05, 0.1) is 6.04 Å².